The van der Waals surface area contributed by atoms with Gasteiger partial charge in [0.2, 0.25) is 0 Å². The first-order valence-corrected chi connectivity index (χ1v) is 8.11. The van der Waals surface area contributed by atoms with Gasteiger partial charge in [0, 0.05) is 43.8 Å². The number of nitrogens with zero attached hydrogens (tertiary/aromatic N) is 4. The number of benzene rings is 1. The van der Waals surface area contributed by atoms with E-state index in [1.165, 1.54) is 0 Å². The molecule has 0 atom stereocenters. The van der Waals surface area contributed by atoms with Gasteiger partial charge in [-0.15, -0.1) is 0 Å². The molecule has 0 saturated carbocycles. The molecule has 0 radical (unpaired) electrons. The summed E-state index contributed by atoms with van der Waals surface area (Å²) in [6.45, 7) is 5.14. The van der Waals surface area contributed by atoms with Crippen LogP contribution in [0.2, 0.25) is 0 Å². The standard InChI is InChI=1S/C18H22N6O/c1-13-17(14(2)25-23-13)11-22-18(19-3)21-10-15-5-4-6-16(9-15)24-8-7-20-12-24/h4-9,12H,10-11H2,1-3H3,(H2,19,21,22). The molecule has 0 spiro atoms. The maximum Gasteiger partial charge on any atom is 0.191 e. The third-order valence-electron chi connectivity index (χ3n) is 4.01. The first kappa shape index (κ1) is 16.8. The number of rotatable bonds is 5. The number of aryl methyl sites for hydroxylation is 2. The molecule has 0 aliphatic carbocycles. The summed E-state index contributed by atoms with van der Waals surface area (Å²) in [5, 5.41) is 10.6. The lowest BCUT2D eigenvalue weighted by Crippen LogP contribution is -2.36. The van der Waals surface area contributed by atoms with Gasteiger partial charge in [-0.2, -0.15) is 0 Å². The van der Waals surface area contributed by atoms with Crippen molar-refractivity contribution < 1.29 is 4.52 Å². The molecule has 7 nitrogen and oxygen atoms in total. The van der Waals surface area contributed by atoms with Crippen LogP contribution in [-0.2, 0) is 13.1 Å². The van der Waals surface area contributed by atoms with Crippen molar-refractivity contribution in [3.05, 3.63) is 65.6 Å². The van der Waals surface area contributed by atoms with E-state index >= 15 is 0 Å². The minimum absolute atomic E-state index is 0.621. The molecule has 3 rings (SSSR count). The summed E-state index contributed by atoms with van der Waals surface area (Å²) in [6, 6.07) is 8.29. The number of guanidine groups is 1. The summed E-state index contributed by atoms with van der Waals surface area (Å²) in [7, 11) is 1.75. The molecule has 0 saturated heterocycles. The average Bonchev–Trinajstić information content (AvgIpc) is 3.27. The lowest BCUT2D eigenvalue weighted by Gasteiger charge is -2.12. The van der Waals surface area contributed by atoms with E-state index in [0.29, 0.717) is 13.1 Å². The van der Waals surface area contributed by atoms with Crippen molar-refractivity contribution in [3.8, 4) is 5.69 Å². The maximum absolute atomic E-state index is 5.18. The highest BCUT2D eigenvalue weighted by Gasteiger charge is 2.09. The zero-order valence-corrected chi connectivity index (χ0v) is 14.7. The van der Waals surface area contributed by atoms with Gasteiger partial charge in [0.1, 0.15) is 5.76 Å². The monoisotopic (exact) mass is 338 g/mol. The first-order valence-electron chi connectivity index (χ1n) is 8.11. The summed E-state index contributed by atoms with van der Waals surface area (Å²) in [6.07, 6.45) is 5.48. The van der Waals surface area contributed by atoms with Gasteiger partial charge in [-0.3, -0.25) is 4.99 Å². The molecule has 7 heteroatoms. The molecule has 1 aromatic carbocycles. The topological polar surface area (TPSA) is 80.3 Å². The summed E-state index contributed by atoms with van der Waals surface area (Å²) in [4.78, 5) is 8.35. The third kappa shape index (κ3) is 4.06. The molecule has 3 aromatic rings. The summed E-state index contributed by atoms with van der Waals surface area (Å²) in [5.41, 5.74) is 4.19. The number of nitrogens with one attached hydrogen (secondary N) is 2. The van der Waals surface area contributed by atoms with E-state index in [0.717, 1.165) is 34.2 Å². The van der Waals surface area contributed by atoms with Crippen LogP contribution in [0.1, 0.15) is 22.6 Å². The SMILES string of the molecule is CN=C(NCc1cccc(-n2ccnc2)c1)NCc1c(C)noc1C. The normalized spacial score (nSPS) is 11.6. The minimum Gasteiger partial charge on any atom is -0.361 e. The van der Waals surface area contributed by atoms with Crippen molar-refractivity contribution in [1.29, 1.82) is 0 Å². The largest absolute Gasteiger partial charge is 0.361 e. The highest BCUT2D eigenvalue weighted by molar-refractivity contribution is 5.79. The molecule has 2 aromatic heterocycles. The molecule has 0 aliphatic heterocycles. The quantitative estimate of drug-likeness (QED) is 0.551. The second-order valence-electron chi connectivity index (χ2n) is 5.72. The van der Waals surface area contributed by atoms with Crippen LogP contribution in [0.5, 0.6) is 0 Å². The Kier molecular flexibility index (Phi) is 5.13. The second kappa shape index (κ2) is 7.65. The Morgan fingerprint density at radius 2 is 2.08 bits per heavy atom. The van der Waals surface area contributed by atoms with Crippen LogP contribution in [0.25, 0.3) is 5.69 Å². The van der Waals surface area contributed by atoms with Crippen molar-refractivity contribution in [1.82, 2.24) is 25.3 Å². The Bertz CT molecular complexity index is 831. The Morgan fingerprint density at radius 1 is 1.24 bits per heavy atom. The molecule has 2 N–H and O–H groups in total. The first-order chi connectivity index (χ1) is 12.2. The maximum atomic E-state index is 5.18. The van der Waals surface area contributed by atoms with Crippen molar-refractivity contribution in [2.24, 2.45) is 4.99 Å². The Hall–Kier alpha value is -3.09. The predicted octanol–water partition coefficient (Wildman–Crippen LogP) is 2.34. The second-order valence-corrected chi connectivity index (χ2v) is 5.72. The molecule has 0 unspecified atom stereocenters. The lowest BCUT2D eigenvalue weighted by molar-refractivity contribution is 0.392. The van der Waals surface area contributed by atoms with Gasteiger partial charge in [-0.25, -0.2) is 4.98 Å². The number of hydrogen-bond donors (Lipinski definition) is 2. The van der Waals surface area contributed by atoms with Crippen LogP contribution in [0.3, 0.4) is 0 Å². The van der Waals surface area contributed by atoms with Crippen molar-refractivity contribution in [2.75, 3.05) is 7.05 Å². The molecule has 0 aliphatic rings. The average molecular weight is 338 g/mol. The minimum atomic E-state index is 0.621. The van der Waals surface area contributed by atoms with Crippen molar-refractivity contribution in [2.45, 2.75) is 26.9 Å². The zero-order valence-electron chi connectivity index (χ0n) is 14.7. The molecule has 130 valence electrons. The van der Waals surface area contributed by atoms with Crippen molar-refractivity contribution >= 4 is 5.96 Å². The number of hydrogen-bond acceptors (Lipinski definition) is 4. The van der Waals surface area contributed by atoms with Crippen LogP contribution in [0.4, 0.5) is 0 Å². The molecular weight excluding hydrogens is 316 g/mol. The smallest absolute Gasteiger partial charge is 0.191 e. The summed E-state index contributed by atoms with van der Waals surface area (Å²) < 4.78 is 7.16. The molecule has 2 heterocycles. The van der Waals surface area contributed by atoms with Gasteiger partial charge in [0.25, 0.3) is 0 Å². The van der Waals surface area contributed by atoms with Crippen LogP contribution in [-0.4, -0.2) is 27.7 Å². The van der Waals surface area contributed by atoms with E-state index in [1.54, 1.807) is 19.6 Å². The molecule has 0 bridgehead atoms. The Labute approximate surface area is 146 Å². The van der Waals surface area contributed by atoms with E-state index in [2.05, 4.69) is 44.0 Å². The van der Waals surface area contributed by atoms with Gasteiger partial charge < -0.3 is 19.7 Å². The van der Waals surface area contributed by atoms with Crippen LogP contribution in [0, 0.1) is 13.8 Å². The Balaban J connectivity index is 1.59. The highest BCUT2D eigenvalue weighted by atomic mass is 16.5. The zero-order chi connectivity index (χ0) is 17.6. The fourth-order valence-electron chi connectivity index (χ4n) is 2.57. The van der Waals surface area contributed by atoms with Crippen LogP contribution >= 0.6 is 0 Å². The summed E-state index contributed by atoms with van der Waals surface area (Å²) in [5.74, 6) is 1.56. The number of aromatic nitrogens is 3. The fourth-order valence-corrected chi connectivity index (χ4v) is 2.57. The fraction of sp³-hybridized carbons (Fsp3) is 0.278. The van der Waals surface area contributed by atoms with E-state index in [1.807, 2.05) is 30.7 Å². The van der Waals surface area contributed by atoms with E-state index in [-0.39, 0.29) is 0 Å². The van der Waals surface area contributed by atoms with Crippen molar-refractivity contribution in [3.63, 3.8) is 0 Å². The van der Waals surface area contributed by atoms with E-state index in [4.69, 9.17) is 4.52 Å². The van der Waals surface area contributed by atoms with Gasteiger partial charge in [-0.05, 0) is 31.5 Å². The van der Waals surface area contributed by atoms with Gasteiger partial charge in [-0.1, -0.05) is 17.3 Å². The van der Waals surface area contributed by atoms with E-state index < -0.39 is 0 Å². The Morgan fingerprint density at radius 3 is 2.76 bits per heavy atom. The third-order valence-corrected chi connectivity index (χ3v) is 4.01. The number of imidazole rings is 1. The van der Waals surface area contributed by atoms with E-state index in [9.17, 15) is 0 Å². The highest BCUT2D eigenvalue weighted by Crippen LogP contribution is 2.12. The summed E-state index contributed by atoms with van der Waals surface area (Å²) >= 11 is 0. The van der Waals surface area contributed by atoms with Gasteiger partial charge >= 0.3 is 0 Å². The van der Waals surface area contributed by atoms with Gasteiger partial charge in [0.15, 0.2) is 5.96 Å². The predicted molar refractivity (Wildman–Crippen MR) is 96.6 cm³/mol. The molecule has 0 fully saturated rings. The number of aliphatic imine (C=N–C) groups is 1. The lowest BCUT2D eigenvalue weighted by atomic mass is 10.2. The van der Waals surface area contributed by atoms with Crippen LogP contribution in [0.15, 0.2) is 52.5 Å². The van der Waals surface area contributed by atoms with Crippen LogP contribution < -0.4 is 10.6 Å². The van der Waals surface area contributed by atoms with Gasteiger partial charge in [0.05, 0.1) is 12.0 Å². The molecule has 25 heavy (non-hydrogen) atoms. The molecule has 0 amide bonds. The molecular formula is C18H22N6O.